The molecular formula is C90H54B2N6S2. The molecule has 0 saturated carbocycles. The number of hydrogen-bond donors (Lipinski definition) is 0. The molecule has 100 heavy (non-hydrogen) atoms. The minimum absolute atomic E-state index is 0.0343. The Morgan fingerprint density at radius 2 is 0.560 bits per heavy atom. The van der Waals surface area contributed by atoms with Crippen LogP contribution >= 0.6 is 23.5 Å². The van der Waals surface area contributed by atoms with Gasteiger partial charge in [-0.05, 0) is 155 Å². The van der Waals surface area contributed by atoms with E-state index in [1.54, 1.807) is 0 Å². The van der Waals surface area contributed by atoms with Crippen molar-refractivity contribution in [2.24, 2.45) is 0 Å². The van der Waals surface area contributed by atoms with Crippen LogP contribution in [0.25, 0.3) is 110 Å². The van der Waals surface area contributed by atoms with Gasteiger partial charge >= 0.3 is 0 Å². The van der Waals surface area contributed by atoms with Crippen LogP contribution in [0.1, 0.15) is 0 Å². The van der Waals surface area contributed by atoms with Crippen LogP contribution in [0.2, 0.25) is 0 Å². The number of aromatic nitrogens is 4. The van der Waals surface area contributed by atoms with Gasteiger partial charge in [0, 0.05) is 131 Å². The zero-order valence-corrected chi connectivity index (χ0v) is 55.5. The fourth-order valence-electron chi connectivity index (χ4n) is 18.1. The highest BCUT2D eigenvalue weighted by Crippen LogP contribution is 2.49. The monoisotopic (exact) mass is 1300 g/mol. The number of fused-ring (bicyclic) bond motifs is 21. The lowest BCUT2D eigenvalue weighted by Crippen LogP contribution is -2.58. The molecule has 0 fully saturated rings. The minimum atomic E-state index is -0.0343. The first-order valence-electron chi connectivity index (χ1n) is 34.5. The molecule has 10 heteroatoms. The zero-order valence-electron chi connectivity index (χ0n) is 53.8. The fraction of sp³-hybridized carbons (Fsp3) is 0. The van der Waals surface area contributed by atoms with E-state index in [4.69, 9.17) is 0 Å². The third-order valence-electron chi connectivity index (χ3n) is 22.0. The molecule has 15 aromatic carbocycles. The molecule has 23 rings (SSSR count). The lowest BCUT2D eigenvalue weighted by molar-refractivity contribution is 1.12. The van der Waals surface area contributed by atoms with E-state index in [-0.39, 0.29) is 13.4 Å². The third-order valence-corrected chi connectivity index (χ3v) is 24.2. The maximum Gasteiger partial charge on any atom is 0.249 e. The normalized spacial score (nSPS) is 13.1. The Balaban J connectivity index is 0.797. The first-order valence-corrected chi connectivity index (χ1v) is 36.1. The van der Waals surface area contributed by atoms with Crippen molar-refractivity contribution in [2.75, 3.05) is 9.80 Å². The summed E-state index contributed by atoms with van der Waals surface area (Å²) < 4.78 is 10.4. The number of hydrogen-bond acceptors (Lipinski definition) is 4. The summed E-state index contributed by atoms with van der Waals surface area (Å²) in [6.07, 6.45) is 0. The van der Waals surface area contributed by atoms with Gasteiger partial charge in [0.1, 0.15) is 0 Å². The van der Waals surface area contributed by atoms with Crippen molar-refractivity contribution in [1.82, 2.24) is 18.3 Å². The van der Waals surface area contributed by atoms with Crippen molar-refractivity contribution in [2.45, 2.75) is 19.6 Å². The van der Waals surface area contributed by atoms with Crippen LogP contribution in [-0.4, -0.2) is 31.7 Å². The second-order valence-corrected chi connectivity index (χ2v) is 29.2. The van der Waals surface area contributed by atoms with E-state index in [0.717, 1.165) is 45.5 Å². The lowest BCUT2D eigenvalue weighted by atomic mass is 9.35. The zero-order chi connectivity index (χ0) is 65.0. The Morgan fingerprint density at radius 1 is 0.230 bits per heavy atom. The summed E-state index contributed by atoms with van der Waals surface area (Å²) in [4.78, 5) is 9.87. The molecule has 0 bridgehead atoms. The van der Waals surface area contributed by atoms with Gasteiger partial charge in [0.25, 0.3) is 0 Å². The Kier molecular flexibility index (Phi) is 11.4. The number of para-hydroxylation sites is 10. The van der Waals surface area contributed by atoms with Crippen molar-refractivity contribution in [3.8, 4) is 22.7 Å². The summed E-state index contributed by atoms with van der Waals surface area (Å²) in [6.45, 7) is -0.0687. The van der Waals surface area contributed by atoms with Gasteiger partial charge in [-0.25, -0.2) is 0 Å². The molecule has 0 atom stereocenters. The summed E-state index contributed by atoms with van der Waals surface area (Å²) in [5, 5.41) is 10.1. The molecule has 462 valence electrons. The highest BCUT2D eigenvalue weighted by atomic mass is 32.2. The number of anilines is 6. The van der Waals surface area contributed by atoms with E-state index >= 15 is 0 Å². The molecule has 19 aromatic rings. The van der Waals surface area contributed by atoms with Gasteiger partial charge in [0.05, 0.1) is 33.1 Å². The molecule has 8 heterocycles. The van der Waals surface area contributed by atoms with Crippen LogP contribution in [0, 0.1) is 0 Å². The maximum atomic E-state index is 2.67. The molecular weight excluding hydrogens is 1250 g/mol. The molecule has 0 aliphatic carbocycles. The molecule has 0 radical (unpaired) electrons. The topological polar surface area (TPSA) is 26.2 Å². The molecule has 4 aliphatic rings. The SMILES string of the molecule is c1ccc(N(c2ccccc2)c2ccc3c(c2)Sc2cc(-n4c5ccccc5c5ccccc54)cc4c2B3c2cccc3c5c6c7cccc8c7n(c6ccc5n-4c23)-c2cc(-n3c4ccccc4c4ccccc43)cc3c2B8c2ccc(N(c4ccccc4)c4ccccc4)cc2S3)cc1. The second kappa shape index (κ2) is 20.7. The van der Waals surface area contributed by atoms with E-state index in [1.165, 1.54) is 151 Å². The van der Waals surface area contributed by atoms with Crippen LogP contribution in [0.5, 0.6) is 0 Å². The van der Waals surface area contributed by atoms with Gasteiger partial charge in [-0.15, -0.1) is 0 Å². The first kappa shape index (κ1) is 55.0. The molecule has 6 nitrogen and oxygen atoms in total. The van der Waals surface area contributed by atoms with Crippen LogP contribution in [0.15, 0.2) is 347 Å². The third kappa shape index (κ3) is 7.53. The van der Waals surface area contributed by atoms with Crippen LogP contribution in [0.3, 0.4) is 0 Å². The highest BCUT2D eigenvalue weighted by molar-refractivity contribution is 8.00. The molecule has 4 aliphatic heterocycles. The molecule has 0 spiro atoms. The standard InChI is InChI=1S/C90H54B2N6S2/c1-5-23-55(24-6-1)93(56-25-7-2-8-26-56)59-43-45-69-81(51-59)99-83-53-61(95-73-39-17-13-31-63(73)64-32-14-18-40-74(64)95)49-79-87(83)91(69)71-37-21-35-67-85-77(97(79)89(67)71)47-48-78-86(85)68-36-22-38-72-90(68)98(78)80-50-62(96-75-41-19-15-33-65(75)66-34-16-20-42-76(66)96)54-84-88(80)92(72)70-46-44-60(52-82(70)100-84)94(57-27-9-3-10-28-57)58-29-11-4-12-30-58/h1-54H. The Bertz CT molecular complexity index is 6160. The minimum Gasteiger partial charge on any atom is -0.310 e. The summed E-state index contributed by atoms with van der Waals surface area (Å²) in [5.74, 6) is 0. The lowest BCUT2D eigenvalue weighted by Gasteiger charge is -2.35. The molecule has 4 aromatic heterocycles. The second-order valence-electron chi connectivity index (χ2n) is 27.0. The Hall–Kier alpha value is -12.1. The van der Waals surface area contributed by atoms with E-state index in [2.05, 4.69) is 356 Å². The molecule has 0 N–H and O–H groups in total. The van der Waals surface area contributed by atoms with E-state index in [9.17, 15) is 0 Å². The average molecular weight is 1310 g/mol. The van der Waals surface area contributed by atoms with Gasteiger partial charge in [0.15, 0.2) is 0 Å². The van der Waals surface area contributed by atoms with Gasteiger partial charge < -0.3 is 28.1 Å². The number of benzene rings is 15. The molecule has 0 unspecified atom stereocenters. The Labute approximate surface area is 585 Å². The van der Waals surface area contributed by atoms with Crippen molar-refractivity contribution >= 4 is 191 Å². The largest absolute Gasteiger partial charge is 0.310 e. The van der Waals surface area contributed by atoms with Gasteiger partial charge in [0.2, 0.25) is 13.4 Å². The number of rotatable bonds is 8. The highest BCUT2D eigenvalue weighted by Gasteiger charge is 2.44. The molecule has 0 saturated heterocycles. The fourth-order valence-corrected chi connectivity index (χ4v) is 20.5. The summed E-state index contributed by atoms with van der Waals surface area (Å²) in [5.41, 5.74) is 29.3. The quantitative estimate of drug-likeness (QED) is 0.142. The van der Waals surface area contributed by atoms with Gasteiger partial charge in [-0.3, -0.25) is 0 Å². The van der Waals surface area contributed by atoms with E-state index in [1.807, 2.05) is 23.5 Å². The average Bonchev–Trinajstić information content (AvgIpc) is 1.46. The van der Waals surface area contributed by atoms with Gasteiger partial charge in [-0.2, -0.15) is 0 Å². The van der Waals surface area contributed by atoms with Crippen molar-refractivity contribution in [3.05, 3.63) is 328 Å². The predicted molar refractivity (Wildman–Crippen MR) is 424 cm³/mol. The maximum absolute atomic E-state index is 2.67. The Morgan fingerprint density at radius 3 is 0.920 bits per heavy atom. The predicted octanol–water partition coefficient (Wildman–Crippen LogP) is 19.6. The van der Waals surface area contributed by atoms with Gasteiger partial charge in [-0.1, -0.05) is 229 Å². The van der Waals surface area contributed by atoms with Crippen molar-refractivity contribution in [3.63, 3.8) is 0 Å². The van der Waals surface area contributed by atoms with Crippen LogP contribution < -0.4 is 42.6 Å². The molecule has 0 amide bonds. The number of nitrogens with zero attached hydrogens (tertiary/aromatic N) is 6. The van der Waals surface area contributed by atoms with Crippen LogP contribution in [-0.2, 0) is 0 Å². The van der Waals surface area contributed by atoms with Crippen LogP contribution in [0.4, 0.5) is 34.1 Å². The summed E-state index contributed by atoms with van der Waals surface area (Å²) in [6, 6.07) is 123. The van der Waals surface area contributed by atoms with E-state index < -0.39 is 0 Å². The summed E-state index contributed by atoms with van der Waals surface area (Å²) in [7, 11) is 0. The van der Waals surface area contributed by atoms with Crippen molar-refractivity contribution < 1.29 is 0 Å². The van der Waals surface area contributed by atoms with E-state index in [0.29, 0.717) is 0 Å². The summed E-state index contributed by atoms with van der Waals surface area (Å²) >= 11 is 3.84. The van der Waals surface area contributed by atoms with Crippen molar-refractivity contribution in [1.29, 1.82) is 0 Å². The first-order chi connectivity index (χ1) is 49.6. The smallest absolute Gasteiger partial charge is 0.249 e.